The van der Waals surface area contributed by atoms with Gasteiger partial charge in [0.2, 0.25) is 5.95 Å². The third-order valence-electron chi connectivity index (χ3n) is 3.65. The number of alkyl halides is 3. The van der Waals surface area contributed by atoms with Crippen LogP contribution in [-0.2, 0) is 12.7 Å². The maximum Gasteiger partial charge on any atom is 0.416 e. The molecule has 1 N–H and O–H groups in total. The summed E-state index contributed by atoms with van der Waals surface area (Å²) in [7, 11) is 0. The average molecular weight is 333 g/mol. The fourth-order valence-corrected chi connectivity index (χ4v) is 2.62. The molecule has 0 spiro atoms. The SMILES string of the molecule is CC(C)Cn1c(Nc2cccc(C(F)(F)F)c2)nc2ccccc21. The van der Waals surface area contributed by atoms with E-state index in [1.165, 1.54) is 6.07 Å². The van der Waals surface area contributed by atoms with Crippen molar-refractivity contribution in [2.75, 3.05) is 5.32 Å². The smallest absolute Gasteiger partial charge is 0.326 e. The van der Waals surface area contributed by atoms with E-state index in [9.17, 15) is 13.2 Å². The lowest BCUT2D eigenvalue weighted by Gasteiger charge is -2.14. The van der Waals surface area contributed by atoms with Crippen molar-refractivity contribution >= 4 is 22.7 Å². The van der Waals surface area contributed by atoms with Crippen LogP contribution in [0.5, 0.6) is 0 Å². The predicted molar refractivity (Wildman–Crippen MR) is 89.3 cm³/mol. The normalized spacial score (nSPS) is 12.1. The van der Waals surface area contributed by atoms with E-state index in [1.54, 1.807) is 6.07 Å². The van der Waals surface area contributed by atoms with Crippen molar-refractivity contribution < 1.29 is 13.2 Å². The number of benzene rings is 2. The molecule has 2 aromatic carbocycles. The number of nitrogens with one attached hydrogen (secondary N) is 1. The summed E-state index contributed by atoms with van der Waals surface area (Å²) in [5, 5.41) is 3.03. The van der Waals surface area contributed by atoms with Crippen LogP contribution in [0, 0.1) is 5.92 Å². The molecule has 3 rings (SSSR count). The molecule has 1 aromatic heterocycles. The molecule has 0 radical (unpaired) electrons. The van der Waals surface area contributed by atoms with Crippen molar-refractivity contribution in [1.29, 1.82) is 0 Å². The maximum absolute atomic E-state index is 12.9. The summed E-state index contributed by atoms with van der Waals surface area (Å²) in [5.41, 5.74) is 1.46. The number of aromatic nitrogens is 2. The Kier molecular flexibility index (Phi) is 4.22. The van der Waals surface area contributed by atoms with E-state index in [1.807, 2.05) is 28.8 Å². The molecule has 0 unspecified atom stereocenters. The zero-order valence-corrected chi connectivity index (χ0v) is 13.4. The predicted octanol–water partition coefficient (Wildman–Crippen LogP) is 5.45. The Morgan fingerprint density at radius 2 is 1.83 bits per heavy atom. The number of imidazole rings is 1. The number of fused-ring (bicyclic) bond motifs is 1. The van der Waals surface area contributed by atoms with E-state index < -0.39 is 11.7 Å². The van der Waals surface area contributed by atoms with Gasteiger partial charge in [0.15, 0.2) is 0 Å². The summed E-state index contributed by atoms with van der Waals surface area (Å²) in [6.07, 6.45) is -4.37. The molecule has 0 aliphatic heterocycles. The minimum atomic E-state index is -4.37. The minimum absolute atomic E-state index is 0.366. The Morgan fingerprint density at radius 3 is 2.54 bits per heavy atom. The van der Waals surface area contributed by atoms with Crippen LogP contribution in [0.25, 0.3) is 11.0 Å². The Hall–Kier alpha value is -2.50. The fraction of sp³-hybridized carbons (Fsp3) is 0.278. The Bertz CT molecular complexity index is 850. The zero-order valence-electron chi connectivity index (χ0n) is 13.4. The third-order valence-corrected chi connectivity index (χ3v) is 3.65. The summed E-state index contributed by atoms with van der Waals surface area (Å²) >= 11 is 0. The van der Waals surface area contributed by atoms with E-state index in [4.69, 9.17) is 0 Å². The van der Waals surface area contributed by atoms with Gasteiger partial charge in [0.05, 0.1) is 16.6 Å². The topological polar surface area (TPSA) is 29.9 Å². The largest absolute Gasteiger partial charge is 0.416 e. The number of rotatable bonds is 4. The Balaban J connectivity index is 2.01. The molecular weight excluding hydrogens is 315 g/mol. The molecule has 126 valence electrons. The lowest BCUT2D eigenvalue weighted by molar-refractivity contribution is -0.137. The van der Waals surface area contributed by atoms with Gasteiger partial charge in [-0.15, -0.1) is 0 Å². The van der Waals surface area contributed by atoms with Crippen LogP contribution in [0.15, 0.2) is 48.5 Å². The lowest BCUT2D eigenvalue weighted by Crippen LogP contribution is -2.09. The highest BCUT2D eigenvalue weighted by atomic mass is 19.4. The molecule has 3 aromatic rings. The molecule has 0 amide bonds. The van der Waals surface area contributed by atoms with E-state index in [0.717, 1.165) is 29.7 Å². The molecule has 1 heterocycles. The second-order valence-corrected chi connectivity index (χ2v) is 6.13. The number of halogens is 3. The van der Waals surface area contributed by atoms with Gasteiger partial charge in [-0.1, -0.05) is 32.0 Å². The summed E-state index contributed by atoms with van der Waals surface area (Å²) in [4.78, 5) is 4.52. The van der Waals surface area contributed by atoms with E-state index >= 15 is 0 Å². The van der Waals surface area contributed by atoms with Gasteiger partial charge < -0.3 is 9.88 Å². The van der Waals surface area contributed by atoms with Crippen molar-refractivity contribution in [3.63, 3.8) is 0 Å². The van der Waals surface area contributed by atoms with Crippen molar-refractivity contribution in [2.45, 2.75) is 26.6 Å². The molecule has 0 aliphatic rings. The van der Waals surface area contributed by atoms with Crippen molar-refractivity contribution in [3.05, 3.63) is 54.1 Å². The van der Waals surface area contributed by atoms with Gasteiger partial charge in [0, 0.05) is 12.2 Å². The van der Waals surface area contributed by atoms with Crippen LogP contribution in [0.3, 0.4) is 0 Å². The zero-order chi connectivity index (χ0) is 17.3. The van der Waals surface area contributed by atoms with Crippen LogP contribution in [0.4, 0.5) is 24.8 Å². The average Bonchev–Trinajstić information content (AvgIpc) is 2.84. The van der Waals surface area contributed by atoms with E-state index in [0.29, 0.717) is 17.6 Å². The molecule has 0 fully saturated rings. The quantitative estimate of drug-likeness (QED) is 0.687. The highest BCUT2D eigenvalue weighted by Crippen LogP contribution is 2.32. The van der Waals surface area contributed by atoms with Gasteiger partial charge in [-0.2, -0.15) is 13.2 Å². The van der Waals surface area contributed by atoms with Gasteiger partial charge in [-0.3, -0.25) is 0 Å². The number of para-hydroxylation sites is 2. The first-order valence-electron chi connectivity index (χ1n) is 7.74. The monoisotopic (exact) mass is 333 g/mol. The molecule has 0 aliphatic carbocycles. The molecule has 0 saturated carbocycles. The lowest BCUT2D eigenvalue weighted by atomic mass is 10.2. The molecule has 6 heteroatoms. The van der Waals surface area contributed by atoms with Crippen LogP contribution in [0.1, 0.15) is 19.4 Å². The third kappa shape index (κ3) is 3.37. The highest BCUT2D eigenvalue weighted by Gasteiger charge is 2.30. The van der Waals surface area contributed by atoms with E-state index in [2.05, 4.69) is 24.1 Å². The number of anilines is 2. The molecular formula is C18H18F3N3. The molecule has 0 saturated heterocycles. The van der Waals surface area contributed by atoms with Gasteiger partial charge >= 0.3 is 6.18 Å². The van der Waals surface area contributed by atoms with Gasteiger partial charge in [-0.05, 0) is 36.2 Å². The van der Waals surface area contributed by atoms with Gasteiger partial charge in [0.25, 0.3) is 0 Å². The highest BCUT2D eigenvalue weighted by molar-refractivity contribution is 5.79. The van der Waals surface area contributed by atoms with Crippen LogP contribution in [-0.4, -0.2) is 9.55 Å². The minimum Gasteiger partial charge on any atom is -0.326 e. The van der Waals surface area contributed by atoms with Crippen LogP contribution >= 0.6 is 0 Å². The standard InChI is InChI=1S/C18H18F3N3/c1-12(2)11-24-16-9-4-3-8-15(16)23-17(24)22-14-7-5-6-13(10-14)18(19,20)21/h3-10,12H,11H2,1-2H3,(H,22,23). The van der Waals surface area contributed by atoms with Crippen molar-refractivity contribution in [2.24, 2.45) is 5.92 Å². The van der Waals surface area contributed by atoms with Crippen LogP contribution in [0.2, 0.25) is 0 Å². The Labute approximate surface area is 138 Å². The van der Waals surface area contributed by atoms with Crippen LogP contribution < -0.4 is 5.32 Å². The van der Waals surface area contributed by atoms with E-state index in [-0.39, 0.29) is 0 Å². The first-order chi connectivity index (χ1) is 11.3. The second kappa shape index (κ2) is 6.19. The number of hydrogen-bond donors (Lipinski definition) is 1. The second-order valence-electron chi connectivity index (χ2n) is 6.13. The summed E-state index contributed by atoms with van der Waals surface area (Å²) < 4.78 is 40.6. The van der Waals surface area contributed by atoms with Crippen molar-refractivity contribution in [1.82, 2.24) is 9.55 Å². The molecule has 24 heavy (non-hydrogen) atoms. The molecule has 3 nitrogen and oxygen atoms in total. The maximum atomic E-state index is 12.9. The Morgan fingerprint density at radius 1 is 1.08 bits per heavy atom. The summed E-state index contributed by atoms with van der Waals surface area (Å²) in [6.45, 7) is 4.90. The number of nitrogens with zero attached hydrogens (tertiary/aromatic N) is 2. The van der Waals surface area contributed by atoms with Crippen molar-refractivity contribution in [3.8, 4) is 0 Å². The summed E-state index contributed by atoms with van der Waals surface area (Å²) in [6, 6.07) is 12.8. The van der Waals surface area contributed by atoms with Gasteiger partial charge in [0.1, 0.15) is 0 Å². The fourth-order valence-electron chi connectivity index (χ4n) is 2.62. The summed E-state index contributed by atoms with van der Waals surface area (Å²) in [5.74, 6) is 0.925. The first-order valence-corrected chi connectivity index (χ1v) is 7.74. The van der Waals surface area contributed by atoms with Gasteiger partial charge in [-0.25, -0.2) is 4.98 Å². The number of hydrogen-bond acceptors (Lipinski definition) is 2. The molecule has 0 atom stereocenters. The first kappa shape index (κ1) is 16.4. The molecule has 0 bridgehead atoms.